The van der Waals surface area contributed by atoms with E-state index in [9.17, 15) is 18.3 Å². The molecule has 0 aromatic carbocycles. The van der Waals surface area contributed by atoms with Crippen molar-refractivity contribution in [2.75, 3.05) is 0 Å². The molecular weight excluding hydrogens is 269 g/mol. The Bertz CT molecular complexity index is 341. The van der Waals surface area contributed by atoms with E-state index in [0.717, 1.165) is 32.6 Å². The summed E-state index contributed by atoms with van der Waals surface area (Å²) < 4.78 is 44.4. The third kappa shape index (κ3) is 3.14. The van der Waals surface area contributed by atoms with Crippen molar-refractivity contribution in [3.8, 4) is 0 Å². The van der Waals surface area contributed by atoms with Crippen LogP contribution in [0, 0.1) is 17.8 Å². The Morgan fingerprint density at radius 3 is 2.40 bits per heavy atom. The van der Waals surface area contributed by atoms with Crippen LogP contribution in [-0.2, 0) is 4.74 Å². The van der Waals surface area contributed by atoms with Gasteiger partial charge in [0.2, 0.25) is 0 Å². The molecule has 2 aliphatic carbocycles. The van der Waals surface area contributed by atoms with Crippen LogP contribution in [0.2, 0.25) is 0 Å². The maximum Gasteiger partial charge on any atom is 0.416 e. The Morgan fingerprint density at radius 2 is 1.90 bits per heavy atom. The van der Waals surface area contributed by atoms with Crippen molar-refractivity contribution in [2.45, 2.75) is 76.9 Å². The zero-order valence-electron chi connectivity index (χ0n) is 12.4. The number of rotatable bonds is 5. The highest BCUT2D eigenvalue weighted by Crippen LogP contribution is 2.53. The van der Waals surface area contributed by atoms with Crippen LogP contribution in [0.3, 0.4) is 0 Å². The molecule has 2 rings (SSSR count). The molecular formula is C15H25F3O2. The zero-order chi connectivity index (χ0) is 15.1. The molecule has 118 valence electrons. The first-order valence-electron chi connectivity index (χ1n) is 7.58. The molecule has 0 aromatic rings. The van der Waals surface area contributed by atoms with Gasteiger partial charge in [0.1, 0.15) is 0 Å². The lowest BCUT2D eigenvalue weighted by Crippen LogP contribution is -2.45. The lowest BCUT2D eigenvalue weighted by atomic mass is 9.79. The van der Waals surface area contributed by atoms with Gasteiger partial charge in [0.05, 0.1) is 12.2 Å². The summed E-state index contributed by atoms with van der Waals surface area (Å²) >= 11 is 0. The lowest BCUT2D eigenvalue weighted by molar-refractivity contribution is -0.260. The summed E-state index contributed by atoms with van der Waals surface area (Å²) in [5, 5.41) is 9.69. The van der Waals surface area contributed by atoms with E-state index in [1.165, 1.54) is 0 Å². The van der Waals surface area contributed by atoms with Gasteiger partial charge < -0.3 is 9.84 Å². The summed E-state index contributed by atoms with van der Waals surface area (Å²) in [4.78, 5) is 0. The van der Waals surface area contributed by atoms with Gasteiger partial charge in [-0.1, -0.05) is 6.92 Å². The maximum absolute atomic E-state index is 12.8. The molecule has 0 saturated heterocycles. The SMILES string of the molecule is CCC(C)OC1CC2CC(CC(C)(O)C(F)(F)F)C1C2. The highest BCUT2D eigenvalue weighted by molar-refractivity contribution is 4.99. The monoisotopic (exact) mass is 294 g/mol. The van der Waals surface area contributed by atoms with Gasteiger partial charge in [-0.25, -0.2) is 0 Å². The van der Waals surface area contributed by atoms with E-state index in [1.54, 1.807) is 0 Å². The maximum atomic E-state index is 12.8. The summed E-state index contributed by atoms with van der Waals surface area (Å²) in [6, 6.07) is 0. The molecule has 5 heteroatoms. The normalized spacial score (nSPS) is 38.0. The molecule has 0 aromatic heterocycles. The standard InChI is InChI=1S/C15H25F3O2/c1-4-9(2)20-13-7-10-5-11(12(13)6-10)8-14(3,19)15(16,17)18/h9-13,19H,4-8H2,1-3H3. The van der Waals surface area contributed by atoms with Crippen molar-refractivity contribution in [1.29, 1.82) is 0 Å². The smallest absolute Gasteiger partial charge is 0.381 e. The third-order valence-corrected chi connectivity index (χ3v) is 5.14. The van der Waals surface area contributed by atoms with E-state index in [4.69, 9.17) is 4.74 Å². The second-order valence-corrected chi connectivity index (χ2v) is 6.87. The van der Waals surface area contributed by atoms with Crippen molar-refractivity contribution >= 4 is 0 Å². The zero-order valence-corrected chi connectivity index (χ0v) is 12.4. The van der Waals surface area contributed by atoms with E-state index in [1.807, 2.05) is 13.8 Å². The molecule has 0 heterocycles. The average Bonchev–Trinajstić information content (AvgIpc) is 2.85. The molecule has 0 aliphatic heterocycles. The van der Waals surface area contributed by atoms with Gasteiger partial charge >= 0.3 is 6.18 Å². The first kappa shape index (κ1) is 16.1. The summed E-state index contributed by atoms with van der Waals surface area (Å²) in [6.45, 7) is 4.94. The molecule has 6 atom stereocenters. The minimum Gasteiger partial charge on any atom is -0.381 e. The molecule has 2 nitrogen and oxygen atoms in total. The van der Waals surface area contributed by atoms with Crippen LogP contribution in [-0.4, -0.2) is 29.1 Å². The van der Waals surface area contributed by atoms with Crippen LogP contribution in [0.5, 0.6) is 0 Å². The minimum absolute atomic E-state index is 0.0700. The lowest BCUT2D eigenvalue weighted by Gasteiger charge is -2.36. The molecule has 0 radical (unpaired) electrons. The van der Waals surface area contributed by atoms with Gasteiger partial charge in [0, 0.05) is 0 Å². The predicted octanol–water partition coefficient (Wildman–Crippen LogP) is 3.92. The Kier molecular flexibility index (Phi) is 4.41. The van der Waals surface area contributed by atoms with E-state index in [0.29, 0.717) is 5.92 Å². The first-order valence-corrected chi connectivity index (χ1v) is 7.58. The molecule has 2 bridgehead atoms. The second-order valence-electron chi connectivity index (χ2n) is 6.87. The number of halogens is 3. The largest absolute Gasteiger partial charge is 0.416 e. The van der Waals surface area contributed by atoms with Gasteiger partial charge in [-0.15, -0.1) is 0 Å². The number of alkyl halides is 3. The Hall–Kier alpha value is -0.290. The van der Waals surface area contributed by atoms with Crippen molar-refractivity contribution < 1.29 is 23.0 Å². The van der Waals surface area contributed by atoms with Gasteiger partial charge in [0.15, 0.2) is 5.60 Å². The number of hydrogen-bond donors (Lipinski definition) is 1. The molecule has 0 spiro atoms. The number of fused-ring (bicyclic) bond motifs is 2. The predicted molar refractivity (Wildman–Crippen MR) is 70.2 cm³/mol. The fraction of sp³-hybridized carbons (Fsp3) is 1.00. The number of ether oxygens (including phenoxy) is 1. The summed E-state index contributed by atoms with van der Waals surface area (Å²) in [7, 11) is 0. The van der Waals surface area contributed by atoms with Gasteiger partial charge in [-0.05, 0) is 63.7 Å². The van der Waals surface area contributed by atoms with Crippen LogP contribution in [0.4, 0.5) is 13.2 Å². The Labute approximate surface area is 118 Å². The number of aliphatic hydroxyl groups is 1. The quantitative estimate of drug-likeness (QED) is 0.832. The summed E-state index contributed by atoms with van der Waals surface area (Å²) in [5.41, 5.74) is -2.58. The van der Waals surface area contributed by atoms with Crippen LogP contribution < -0.4 is 0 Å². The van der Waals surface area contributed by atoms with Gasteiger partial charge in [0.25, 0.3) is 0 Å². The fourth-order valence-corrected chi connectivity index (χ4v) is 3.84. The molecule has 20 heavy (non-hydrogen) atoms. The topological polar surface area (TPSA) is 29.5 Å². The van der Waals surface area contributed by atoms with E-state index >= 15 is 0 Å². The molecule has 1 N–H and O–H groups in total. The van der Waals surface area contributed by atoms with Crippen molar-refractivity contribution in [3.05, 3.63) is 0 Å². The van der Waals surface area contributed by atoms with Crippen molar-refractivity contribution in [2.24, 2.45) is 17.8 Å². The molecule has 2 aliphatic rings. The van der Waals surface area contributed by atoms with Crippen LogP contribution in [0.15, 0.2) is 0 Å². The minimum atomic E-state index is -4.55. The van der Waals surface area contributed by atoms with Crippen molar-refractivity contribution in [3.63, 3.8) is 0 Å². The molecule has 6 unspecified atom stereocenters. The molecule has 2 saturated carbocycles. The Morgan fingerprint density at radius 1 is 1.25 bits per heavy atom. The van der Waals surface area contributed by atoms with E-state index < -0.39 is 11.8 Å². The molecule has 2 fully saturated rings. The number of hydrogen-bond acceptors (Lipinski definition) is 2. The highest BCUT2D eigenvalue weighted by atomic mass is 19.4. The highest BCUT2D eigenvalue weighted by Gasteiger charge is 2.55. The van der Waals surface area contributed by atoms with E-state index in [2.05, 4.69) is 0 Å². The Balaban J connectivity index is 1.98. The fourth-order valence-electron chi connectivity index (χ4n) is 3.84. The third-order valence-electron chi connectivity index (χ3n) is 5.14. The van der Waals surface area contributed by atoms with Crippen LogP contribution in [0.1, 0.15) is 52.9 Å². The summed E-state index contributed by atoms with van der Waals surface area (Å²) in [5.74, 6) is 0.588. The van der Waals surface area contributed by atoms with Crippen molar-refractivity contribution in [1.82, 2.24) is 0 Å². The van der Waals surface area contributed by atoms with Gasteiger partial charge in [-0.3, -0.25) is 0 Å². The van der Waals surface area contributed by atoms with Crippen LogP contribution in [0.25, 0.3) is 0 Å². The average molecular weight is 294 g/mol. The summed E-state index contributed by atoms with van der Waals surface area (Å²) in [6.07, 6.45) is -0.865. The van der Waals surface area contributed by atoms with Crippen LogP contribution >= 0.6 is 0 Å². The first-order chi connectivity index (χ1) is 9.14. The second kappa shape index (κ2) is 5.48. The van der Waals surface area contributed by atoms with E-state index in [-0.39, 0.29) is 30.5 Å². The van der Waals surface area contributed by atoms with Gasteiger partial charge in [-0.2, -0.15) is 13.2 Å². The molecule has 0 amide bonds.